The second kappa shape index (κ2) is 8.86. The average Bonchev–Trinajstić information content (AvgIpc) is 3.61. The van der Waals surface area contributed by atoms with E-state index in [9.17, 15) is 4.39 Å². The van der Waals surface area contributed by atoms with Gasteiger partial charge in [0.15, 0.2) is 0 Å². The van der Waals surface area contributed by atoms with Crippen molar-refractivity contribution >= 4 is 43.5 Å². The van der Waals surface area contributed by atoms with Gasteiger partial charge < -0.3 is 9.97 Å². The van der Waals surface area contributed by atoms with E-state index in [1.807, 2.05) is 48.8 Å². The third-order valence-corrected chi connectivity index (χ3v) is 8.10. The molecule has 0 spiro atoms. The van der Waals surface area contributed by atoms with Gasteiger partial charge in [0, 0.05) is 56.1 Å². The molecule has 196 valence electrons. The molecule has 0 unspecified atom stereocenters. The van der Waals surface area contributed by atoms with Crippen LogP contribution < -0.4 is 0 Å². The summed E-state index contributed by atoms with van der Waals surface area (Å²) in [4.78, 5) is 11.6. The van der Waals surface area contributed by atoms with Gasteiger partial charge in [-0.25, -0.2) is 13.8 Å². The van der Waals surface area contributed by atoms with Crippen LogP contribution in [0.15, 0.2) is 109 Å². The minimum absolute atomic E-state index is 0.265. The first-order valence-corrected chi connectivity index (χ1v) is 13.5. The molecule has 0 amide bonds. The summed E-state index contributed by atoms with van der Waals surface area (Å²) in [5.74, 6) is -0.560. The Balaban J connectivity index is 1.45. The number of halogens is 2. The highest BCUT2D eigenvalue weighted by atomic mass is 19.1. The molecule has 0 aliphatic carbocycles. The van der Waals surface area contributed by atoms with E-state index in [1.54, 1.807) is 12.1 Å². The lowest BCUT2D eigenvalue weighted by molar-refractivity contribution is 0.629. The first kappa shape index (κ1) is 23.6. The van der Waals surface area contributed by atoms with Crippen LogP contribution in [0.4, 0.5) is 8.78 Å². The minimum atomic E-state index is -0.296. The fourth-order valence-corrected chi connectivity index (χ4v) is 6.12. The molecule has 3 nitrogen and oxygen atoms in total. The number of rotatable bonds is 3. The number of hydrogen-bond acceptors (Lipinski definition) is 1. The Labute approximate surface area is 234 Å². The molecule has 5 heteroatoms. The summed E-state index contributed by atoms with van der Waals surface area (Å²) in [6.07, 6.45) is 3.87. The molecule has 3 aromatic heterocycles. The van der Waals surface area contributed by atoms with Gasteiger partial charge >= 0.3 is 0 Å². The Kier molecular flexibility index (Phi) is 5.10. The lowest BCUT2D eigenvalue weighted by Gasteiger charge is -2.15. The van der Waals surface area contributed by atoms with Crippen molar-refractivity contribution in [3.8, 4) is 33.5 Å². The van der Waals surface area contributed by atoms with E-state index >= 15 is 4.39 Å². The number of para-hydroxylation sites is 2. The molecule has 8 aromatic rings. The van der Waals surface area contributed by atoms with Crippen molar-refractivity contribution in [3.63, 3.8) is 0 Å². The summed E-state index contributed by atoms with van der Waals surface area (Å²) in [5.41, 5.74) is 9.23. The predicted molar refractivity (Wildman–Crippen MR) is 164 cm³/mol. The number of aromatic amines is 2. The van der Waals surface area contributed by atoms with E-state index < -0.39 is 0 Å². The number of benzene rings is 5. The molecule has 0 aliphatic heterocycles. The van der Waals surface area contributed by atoms with Crippen molar-refractivity contribution in [2.75, 3.05) is 0 Å². The Morgan fingerprint density at radius 1 is 0.585 bits per heavy atom. The number of nitrogens with zero attached hydrogens (tertiary/aromatic N) is 1. The number of fused-ring (bicyclic) bond motifs is 4. The normalized spacial score (nSPS) is 11.8. The van der Waals surface area contributed by atoms with Crippen molar-refractivity contribution < 1.29 is 8.78 Å². The number of hydrogen-bond donors (Lipinski definition) is 2. The van der Waals surface area contributed by atoms with Crippen molar-refractivity contribution in [1.82, 2.24) is 15.0 Å². The molecule has 0 atom stereocenters. The standard InChI is InChI=1S/C36H23F2N3/c1-20-6-4-9-26-30(18-40-36(20)26)21-14-27(23-8-5-10-32(38)29(23)15-21)28-17-35(41-33-11-3-2-7-24(28)33)31-19-39-34-16-22(37)12-13-25(31)34/h2-19,39-40H,1H3. The van der Waals surface area contributed by atoms with E-state index in [0.29, 0.717) is 10.9 Å². The van der Waals surface area contributed by atoms with Crippen LogP contribution >= 0.6 is 0 Å². The lowest BCUT2D eigenvalue weighted by atomic mass is 9.90. The summed E-state index contributed by atoms with van der Waals surface area (Å²) in [6.45, 7) is 2.08. The zero-order valence-electron chi connectivity index (χ0n) is 22.1. The summed E-state index contributed by atoms with van der Waals surface area (Å²) in [5, 5.41) is 4.34. The summed E-state index contributed by atoms with van der Waals surface area (Å²) >= 11 is 0. The van der Waals surface area contributed by atoms with Gasteiger partial charge in [0.2, 0.25) is 0 Å². The second-order valence-corrected chi connectivity index (χ2v) is 10.5. The van der Waals surface area contributed by atoms with Crippen LogP contribution in [0.2, 0.25) is 0 Å². The third kappa shape index (κ3) is 3.66. The van der Waals surface area contributed by atoms with Gasteiger partial charge in [-0.1, -0.05) is 48.5 Å². The Bertz CT molecular complexity index is 2310. The molecule has 2 N–H and O–H groups in total. The van der Waals surface area contributed by atoms with Gasteiger partial charge in [0.1, 0.15) is 11.6 Å². The lowest BCUT2D eigenvalue weighted by Crippen LogP contribution is -1.92. The van der Waals surface area contributed by atoms with E-state index in [4.69, 9.17) is 4.98 Å². The first-order chi connectivity index (χ1) is 20.0. The van der Waals surface area contributed by atoms with Crippen LogP contribution in [0.1, 0.15) is 5.56 Å². The SMILES string of the molecule is Cc1cccc2c(-c3cc(-c4cc(-c5c[nH]c6cc(F)ccc56)nc5ccccc45)c4cccc(F)c4c3)c[nH]c12. The Hall–Kier alpha value is -5.29. The Morgan fingerprint density at radius 3 is 2.29 bits per heavy atom. The number of aromatic nitrogens is 3. The van der Waals surface area contributed by atoms with Gasteiger partial charge in [-0.15, -0.1) is 0 Å². The smallest absolute Gasteiger partial charge is 0.131 e. The second-order valence-electron chi connectivity index (χ2n) is 10.5. The summed E-state index contributed by atoms with van der Waals surface area (Å²) in [7, 11) is 0. The number of pyridine rings is 1. The third-order valence-electron chi connectivity index (χ3n) is 8.10. The van der Waals surface area contributed by atoms with Crippen LogP contribution in [0.3, 0.4) is 0 Å². The van der Waals surface area contributed by atoms with Gasteiger partial charge in [-0.05, 0) is 83.1 Å². The molecule has 41 heavy (non-hydrogen) atoms. The average molecular weight is 536 g/mol. The Morgan fingerprint density at radius 2 is 1.37 bits per heavy atom. The van der Waals surface area contributed by atoms with Gasteiger partial charge in [0.05, 0.1) is 11.2 Å². The number of nitrogens with one attached hydrogen (secondary N) is 2. The van der Waals surface area contributed by atoms with Crippen LogP contribution in [-0.4, -0.2) is 15.0 Å². The van der Waals surface area contributed by atoms with Crippen LogP contribution in [-0.2, 0) is 0 Å². The first-order valence-electron chi connectivity index (χ1n) is 13.5. The van der Waals surface area contributed by atoms with Gasteiger partial charge in [-0.2, -0.15) is 0 Å². The number of H-pyrrole nitrogens is 2. The van der Waals surface area contributed by atoms with E-state index in [1.165, 1.54) is 18.2 Å². The van der Waals surface area contributed by atoms with Crippen molar-refractivity contribution in [1.29, 1.82) is 0 Å². The molecule has 8 rings (SSSR count). The fraction of sp³-hybridized carbons (Fsp3) is 0.0278. The van der Waals surface area contributed by atoms with Crippen LogP contribution in [0, 0.1) is 18.6 Å². The van der Waals surface area contributed by atoms with E-state index in [2.05, 4.69) is 47.2 Å². The maximum atomic E-state index is 15.5. The molecule has 0 saturated heterocycles. The zero-order chi connectivity index (χ0) is 27.7. The maximum Gasteiger partial charge on any atom is 0.131 e. The van der Waals surface area contributed by atoms with Gasteiger partial charge in [-0.3, -0.25) is 0 Å². The topological polar surface area (TPSA) is 44.5 Å². The highest BCUT2D eigenvalue weighted by molar-refractivity contribution is 6.09. The van der Waals surface area contributed by atoms with Crippen molar-refractivity contribution in [2.24, 2.45) is 0 Å². The molecule has 0 saturated carbocycles. The molecule has 0 bridgehead atoms. The highest BCUT2D eigenvalue weighted by Crippen LogP contribution is 2.41. The number of aryl methyl sites for hydroxylation is 1. The predicted octanol–water partition coefficient (Wildman–Crippen LogP) is 9.94. The maximum absolute atomic E-state index is 15.5. The summed E-state index contributed by atoms with van der Waals surface area (Å²) in [6, 6.07) is 30.4. The molecule has 5 aromatic carbocycles. The zero-order valence-corrected chi connectivity index (χ0v) is 22.1. The fourth-order valence-electron chi connectivity index (χ4n) is 6.12. The van der Waals surface area contributed by atoms with E-state index in [-0.39, 0.29) is 11.6 Å². The largest absolute Gasteiger partial charge is 0.360 e. The molecular weight excluding hydrogens is 512 g/mol. The van der Waals surface area contributed by atoms with Crippen molar-refractivity contribution in [2.45, 2.75) is 6.92 Å². The molecular formula is C36H23F2N3. The molecule has 0 fully saturated rings. The van der Waals surface area contributed by atoms with Crippen LogP contribution in [0.5, 0.6) is 0 Å². The minimum Gasteiger partial charge on any atom is -0.360 e. The van der Waals surface area contributed by atoms with Crippen molar-refractivity contribution in [3.05, 3.63) is 127 Å². The quantitative estimate of drug-likeness (QED) is 0.232. The van der Waals surface area contributed by atoms with Gasteiger partial charge in [0.25, 0.3) is 0 Å². The molecule has 3 heterocycles. The summed E-state index contributed by atoms with van der Waals surface area (Å²) < 4.78 is 29.4. The molecule has 0 aliphatic rings. The monoisotopic (exact) mass is 535 g/mol. The molecule has 0 radical (unpaired) electrons. The highest BCUT2D eigenvalue weighted by Gasteiger charge is 2.18. The van der Waals surface area contributed by atoms with E-state index in [0.717, 1.165) is 71.7 Å². The van der Waals surface area contributed by atoms with Crippen LogP contribution in [0.25, 0.3) is 77.0 Å².